The number of allylic oxidation sites excluding steroid dienone is 1. The van der Waals surface area contributed by atoms with Crippen LogP contribution in [0.3, 0.4) is 0 Å². The van der Waals surface area contributed by atoms with Crippen LogP contribution in [0.25, 0.3) is 0 Å². The van der Waals surface area contributed by atoms with Gasteiger partial charge in [-0.15, -0.1) is 0 Å². The Morgan fingerprint density at radius 1 is 0.897 bits per heavy atom. The lowest BCUT2D eigenvalue weighted by molar-refractivity contribution is -0.889. The fourth-order valence-corrected chi connectivity index (χ4v) is 3.97. The van der Waals surface area contributed by atoms with Crippen molar-refractivity contribution in [1.29, 1.82) is 0 Å². The number of rotatable bonds is 19. The van der Waals surface area contributed by atoms with E-state index in [0.717, 1.165) is 30.4 Å². The number of carbonyl (C=O) groups excluding carboxylic acids is 1. The first-order chi connectivity index (χ1) is 14.0. The van der Waals surface area contributed by atoms with Gasteiger partial charge in [-0.05, 0) is 38.5 Å². The largest absolute Gasteiger partial charge is 0.369 e. The Morgan fingerprint density at radius 2 is 1.66 bits per heavy atom. The molecule has 170 valence electrons. The van der Waals surface area contributed by atoms with Crippen LogP contribution in [-0.2, 0) is 9.53 Å². The molecule has 0 radical (unpaired) electrons. The summed E-state index contributed by atoms with van der Waals surface area (Å²) in [5.74, 6) is 0.222. The lowest BCUT2D eigenvalue weighted by Crippen LogP contribution is -2.45. The minimum Gasteiger partial charge on any atom is -0.369 e. The Kier molecular flexibility index (Phi) is 14.3. The molecule has 1 amide bonds. The summed E-state index contributed by atoms with van der Waals surface area (Å²) in [5.41, 5.74) is 0. The molecule has 1 aliphatic heterocycles. The summed E-state index contributed by atoms with van der Waals surface area (Å²) in [6.07, 6.45) is 21.0. The molecule has 2 atom stereocenters. The summed E-state index contributed by atoms with van der Waals surface area (Å²) >= 11 is 0. The zero-order chi connectivity index (χ0) is 21.4. The second-order valence-electron chi connectivity index (χ2n) is 9.46. The summed E-state index contributed by atoms with van der Waals surface area (Å²) in [5, 5.41) is 3.08. The second kappa shape index (κ2) is 15.9. The lowest BCUT2D eigenvalue weighted by Gasteiger charge is -2.29. The van der Waals surface area contributed by atoms with Crippen LogP contribution in [0.5, 0.6) is 0 Å². The van der Waals surface area contributed by atoms with Gasteiger partial charge in [0.05, 0.1) is 45.9 Å². The third-order valence-electron chi connectivity index (χ3n) is 5.96. The summed E-state index contributed by atoms with van der Waals surface area (Å²) in [6, 6.07) is 0. The fraction of sp³-hybridized carbons (Fsp3) is 0.880. The minimum absolute atomic E-state index is 0.222. The molecule has 0 bridgehead atoms. The molecule has 1 heterocycles. The van der Waals surface area contributed by atoms with Gasteiger partial charge in [0.1, 0.15) is 0 Å². The Bertz CT molecular complexity index is 448. The molecule has 4 heteroatoms. The number of hydrogen-bond acceptors (Lipinski definition) is 2. The van der Waals surface area contributed by atoms with Crippen molar-refractivity contribution in [2.75, 3.05) is 33.7 Å². The number of quaternary nitrogens is 1. The minimum atomic E-state index is 0.222. The smallest absolute Gasteiger partial charge is 0.220 e. The van der Waals surface area contributed by atoms with Gasteiger partial charge in [0.25, 0.3) is 0 Å². The van der Waals surface area contributed by atoms with E-state index in [4.69, 9.17) is 4.74 Å². The topological polar surface area (TPSA) is 41.6 Å². The first-order valence-electron chi connectivity index (χ1n) is 12.4. The van der Waals surface area contributed by atoms with Crippen molar-refractivity contribution in [3.05, 3.63) is 12.2 Å². The highest BCUT2D eigenvalue weighted by Gasteiger charge is 2.36. The van der Waals surface area contributed by atoms with Crippen molar-refractivity contribution in [3.63, 3.8) is 0 Å². The van der Waals surface area contributed by atoms with E-state index >= 15 is 0 Å². The van der Waals surface area contributed by atoms with Crippen LogP contribution < -0.4 is 5.32 Å². The maximum atomic E-state index is 11.9. The molecule has 0 spiro atoms. The first kappa shape index (κ1) is 26.2. The van der Waals surface area contributed by atoms with Crippen molar-refractivity contribution in [2.24, 2.45) is 0 Å². The predicted octanol–water partition coefficient (Wildman–Crippen LogP) is 5.61. The van der Waals surface area contributed by atoms with Gasteiger partial charge in [-0.3, -0.25) is 4.79 Å². The van der Waals surface area contributed by atoms with Crippen molar-refractivity contribution >= 4 is 5.91 Å². The van der Waals surface area contributed by atoms with Gasteiger partial charge in [-0.2, -0.15) is 0 Å². The highest BCUT2D eigenvalue weighted by molar-refractivity contribution is 5.75. The second-order valence-corrected chi connectivity index (χ2v) is 9.46. The van der Waals surface area contributed by atoms with Crippen LogP contribution in [0.15, 0.2) is 12.2 Å². The number of carbonyl (C=O) groups is 1. The Labute approximate surface area is 181 Å². The van der Waals surface area contributed by atoms with Crippen LogP contribution in [0.1, 0.15) is 97.3 Å². The summed E-state index contributed by atoms with van der Waals surface area (Å²) < 4.78 is 6.71. The molecule has 0 aromatic carbocycles. The molecule has 29 heavy (non-hydrogen) atoms. The molecule has 1 N–H and O–H groups in total. The van der Waals surface area contributed by atoms with Gasteiger partial charge in [-0.25, -0.2) is 0 Å². The van der Waals surface area contributed by atoms with E-state index in [9.17, 15) is 4.79 Å². The maximum Gasteiger partial charge on any atom is 0.220 e. The van der Waals surface area contributed by atoms with Crippen LogP contribution in [0, 0.1) is 0 Å². The summed E-state index contributed by atoms with van der Waals surface area (Å²) in [4.78, 5) is 11.9. The van der Waals surface area contributed by atoms with E-state index in [-0.39, 0.29) is 5.91 Å². The van der Waals surface area contributed by atoms with E-state index in [1.165, 1.54) is 70.8 Å². The van der Waals surface area contributed by atoms with Gasteiger partial charge < -0.3 is 14.5 Å². The molecule has 2 unspecified atom stereocenters. The van der Waals surface area contributed by atoms with Crippen molar-refractivity contribution < 1.29 is 14.0 Å². The average Bonchev–Trinajstić information content (AvgIpc) is 3.41. The molecule has 1 saturated heterocycles. The number of ether oxygens (including phenoxy) is 1. The van der Waals surface area contributed by atoms with Crippen molar-refractivity contribution in [3.8, 4) is 0 Å². The normalized spacial score (nSPS) is 19.0. The zero-order valence-electron chi connectivity index (χ0n) is 19.9. The highest BCUT2D eigenvalue weighted by Crippen LogP contribution is 2.30. The maximum absolute atomic E-state index is 11.9. The zero-order valence-corrected chi connectivity index (χ0v) is 19.9. The first-order valence-corrected chi connectivity index (χ1v) is 12.4. The van der Waals surface area contributed by atoms with Gasteiger partial charge in [0.15, 0.2) is 0 Å². The number of unbranched alkanes of at least 4 members (excludes halogenated alkanes) is 7. The third-order valence-corrected chi connectivity index (χ3v) is 5.96. The monoisotopic (exact) mass is 409 g/mol. The third kappa shape index (κ3) is 14.7. The van der Waals surface area contributed by atoms with Gasteiger partial charge >= 0.3 is 0 Å². The molecule has 1 fully saturated rings. The van der Waals surface area contributed by atoms with Crippen molar-refractivity contribution in [2.45, 2.75) is 110 Å². The molecule has 4 nitrogen and oxygen atoms in total. The number of nitrogens with one attached hydrogen (secondary N) is 1. The molecular weight excluding hydrogens is 360 g/mol. The van der Waals surface area contributed by atoms with Gasteiger partial charge in [0.2, 0.25) is 5.91 Å². The standard InChI is InChI=1S/C25H48N2O2/c1-5-7-14-17-23-24(29-23)18-15-12-10-8-9-11-13-16-19-25(28)26-20-22-27(3,4)21-6-2/h12,15,23-24H,5-11,13-14,16-22H2,1-4H3/p+1. The van der Waals surface area contributed by atoms with E-state index in [0.29, 0.717) is 18.6 Å². The quantitative estimate of drug-likeness (QED) is 0.130. The molecular formula is C25H49N2O2+. The number of nitrogens with zero attached hydrogens (tertiary/aromatic N) is 1. The van der Waals surface area contributed by atoms with Crippen LogP contribution in [-0.4, -0.2) is 56.3 Å². The predicted molar refractivity (Wildman–Crippen MR) is 124 cm³/mol. The molecule has 0 saturated carbocycles. The number of likely N-dealkylation sites (N-methyl/N-ethyl adjacent to an activating group) is 1. The van der Waals surface area contributed by atoms with Crippen LogP contribution in [0.2, 0.25) is 0 Å². The SMILES string of the molecule is CCCCCC1OC1CC=CCCCCCCCC(=O)NCC[N+](C)(C)CCC. The molecule has 0 aliphatic carbocycles. The Balaban J connectivity index is 1.84. The van der Waals surface area contributed by atoms with Crippen molar-refractivity contribution in [1.82, 2.24) is 5.32 Å². The molecule has 0 aromatic heterocycles. The molecule has 1 rings (SSSR count). The Hall–Kier alpha value is -0.870. The number of hydrogen-bond donors (Lipinski definition) is 1. The van der Waals surface area contributed by atoms with E-state index in [1.807, 2.05) is 0 Å². The lowest BCUT2D eigenvalue weighted by atomic mass is 10.1. The van der Waals surface area contributed by atoms with E-state index in [1.54, 1.807) is 0 Å². The van der Waals surface area contributed by atoms with Crippen LogP contribution in [0.4, 0.5) is 0 Å². The average molecular weight is 410 g/mol. The highest BCUT2D eigenvalue weighted by atomic mass is 16.6. The van der Waals surface area contributed by atoms with E-state index in [2.05, 4.69) is 45.4 Å². The molecule has 0 aromatic rings. The van der Waals surface area contributed by atoms with E-state index < -0.39 is 0 Å². The van der Waals surface area contributed by atoms with Gasteiger partial charge in [0, 0.05) is 6.42 Å². The van der Waals surface area contributed by atoms with Crippen LogP contribution >= 0.6 is 0 Å². The molecule has 1 aliphatic rings. The summed E-state index contributed by atoms with van der Waals surface area (Å²) in [6.45, 7) is 7.44. The summed E-state index contributed by atoms with van der Waals surface area (Å²) in [7, 11) is 4.46. The number of epoxide rings is 1. The Morgan fingerprint density at radius 3 is 2.41 bits per heavy atom. The number of amides is 1. The van der Waals surface area contributed by atoms with Gasteiger partial charge in [-0.1, -0.05) is 64.5 Å². The fourth-order valence-electron chi connectivity index (χ4n) is 3.97.